The number of likely N-dealkylation sites (tertiary alicyclic amines) is 1. The van der Waals surface area contributed by atoms with Crippen LogP contribution in [0.15, 0.2) is 24.5 Å². The van der Waals surface area contributed by atoms with Crippen molar-refractivity contribution in [3.05, 3.63) is 24.5 Å². The summed E-state index contributed by atoms with van der Waals surface area (Å²) in [6, 6.07) is 3.91. The zero-order chi connectivity index (χ0) is 16.2. The van der Waals surface area contributed by atoms with E-state index >= 15 is 0 Å². The van der Waals surface area contributed by atoms with Crippen molar-refractivity contribution in [2.45, 2.75) is 44.9 Å². The normalized spacial score (nSPS) is 28.8. The molecule has 3 heterocycles. The molecule has 3 unspecified atom stereocenters. The molecule has 0 aromatic carbocycles. The summed E-state index contributed by atoms with van der Waals surface area (Å²) in [5.41, 5.74) is 0.796. The first-order valence-electron chi connectivity index (χ1n) is 8.47. The van der Waals surface area contributed by atoms with E-state index in [9.17, 15) is 4.79 Å². The van der Waals surface area contributed by atoms with Crippen LogP contribution in [0, 0.1) is 0 Å². The van der Waals surface area contributed by atoms with Crippen LogP contribution in [0.4, 0.5) is 10.5 Å². The second-order valence-corrected chi connectivity index (χ2v) is 6.63. The van der Waals surface area contributed by atoms with Crippen molar-refractivity contribution in [1.29, 1.82) is 0 Å². The Labute approximate surface area is 137 Å². The third-order valence-electron chi connectivity index (χ3n) is 4.53. The molecule has 3 rings (SSSR count). The van der Waals surface area contributed by atoms with Crippen molar-refractivity contribution >= 4 is 11.7 Å². The molecule has 2 amide bonds. The molecule has 2 fully saturated rings. The van der Waals surface area contributed by atoms with Gasteiger partial charge in [0.05, 0.1) is 12.2 Å². The van der Waals surface area contributed by atoms with Crippen LogP contribution in [-0.4, -0.2) is 65.2 Å². The van der Waals surface area contributed by atoms with E-state index < -0.39 is 0 Å². The van der Waals surface area contributed by atoms with Crippen LogP contribution >= 0.6 is 0 Å². The molecule has 0 radical (unpaired) electrons. The van der Waals surface area contributed by atoms with E-state index in [1.54, 1.807) is 12.4 Å². The Kier molecular flexibility index (Phi) is 5.13. The highest BCUT2D eigenvalue weighted by Crippen LogP contribution is 2.21. The Hall–Kier alpha value is -1.66. The molecule has 1 aromatic heterocycles. The van der Waals surface area contributed by atoms with Gasteiger partial charge in [0, 0.05) is 50.3 Å². The highest BCUT2D eigenvalue weighted by atomic mass is 16.5. The van der Waals surface area contributed by atoms with Gasteiger partial charge in [-0.25, -0.2) is 4.79 Å². The molecule has 0 spiro atoms. The molecule has 0 aliphatic carbocycles. The molecule has 1 aromatic rings. The summed E-state index contributed by atoms with van der Waals surface area (Å²) in [5, 5.41) is 2.97. The number of aromatic nitrogens is 1. The van der Waals surface area contributed by atoms with Crippen molar-refractivity contribution in [2.75, 3.05) is 31.5 Å². The highest BCUT2D eigenvalue weighted by Gasteiger charge is 2.32. The summed E-state index contributed by atoms with van der Waals surface area (Å²) in [7, 11) is 0. The van der Waals surface area contributed by atoms with E-state index in [1.807, 2.05) is 17.0 Å². The fourth-order valence-electron chi connectivity index (χ4n) is 3.65. The fourth-order valence-corrected chi connectivity index (χ4v) is 3.65. The number of carbonyl (C=O) groups excluding carboxylic acids is 1. The fraction of sp³-hybridized carbons (Fsp3) is 0.647. The van der Waals surface area contributed by atoms with Crippen molar-refractivity contribution in [3.63, 3.8) is 0 Å². The van der Waals surface area contributed by atoms with Crippen LogP contribution in [0.1, 0.15) is 26.7 Å². The molecule has 0 saturated carbocycles. The number of ether oxygens (including phenoxy) is 1. The van der Waals surface area contributed by atoms with E-state index in [-0.39, 0.29) is 24.3 Å². The molecule has 0 bridgehead atoms. The minimum atomic E-state index is -0.00643. The van der Waals surface area contributed by atoms with Gasteiger partial charge in [-0.3, -0.25) is 9.88 Å². The number of amides is 2. The number of carbonyl (C=O) groups is 1. The maximum Gasteiger partial charge on any atom is 0.322 e. The first kappa shape index (κ1) is 16.2. The largest absolute Gasteiger partial charge is 0.373 e. The van der Waals surface area contributed by atoms with E-state index in [0.717, 1.165) is 44.7 Å². The molecule has 2 aliphatic rings. The van der Waals surface area contributed by atoms with Gasteiger partial charge in [0.1, 0.15) is 0 Å². The summed E-state index contributed by atoms with van der Waals surface area (Å²) in [5.74, 6) is 0. The number of hydrogen-bond acceptors (Lipinski definition) is 4. The lowest BCUT2D eigenvalue weighted by Crippen LogP contribution is -2.51. The Bertz CT molecular complexity index is 515. The first-order chi connectivity index (χ1) is 11.1. The first-order valence-corrected chi connectivity index (χ1v) is 8.47. The van der Waals surface area contributed by atoms with Crippen molar-refractivity contribution in [1.82, 2.24) is 14.8 Å². The van der Waals surface area contributed by atoms with Gasteiger partial charge in [-0.1, -0.05) is 0 Å². The Balaban J connectivity index is 1.58. The summed E-state index contributed by atoms with van der Waals surface area (Å²) >= 11 is 0. The van der Waals surface area contributed by atoms with Gasteiger partial charge in [-0.15, -0.1) is 0 Å². The predicted octanol–water partition coefficient (Wildman–Crippen LogP) is 2.19. The zero-order valence-electron chi connectivity index (χ0n) is 13.9. The van der Waals surface area contributed by atoms with Crippen molar-refractivity contribution in [3.8, 4) is 0 Å². The molecular formula is C17H26N4O2. The van der Waals surface area contributed by atoms with Crippen LogP contribution < -0.4 is 5.32 Å². The second kappa shape index (κ2) is 7.27. The highest BCUT2D eigenvalue weighted by molar-refractivity contribution is 5.89. The third-order valence-corrected chi connectivity index (χ3v) is 4.53. The van der Waals surface area contributed by atoms with Crippen LogP contribution in [0.3, 0.4) is 0 Å². The summed E-state index contributed by atoms with van der Waals surface area (Å²) in [6.07, 6.45) is 6.05. The number of pyridine rings is 1. The van der Waals surface area contributed by atoms with E-state index in [1.165, 1.54) is 0 Å². The zero-order valence-corrected chi connectivity index (χ0v) is 13.9. The smallest absolute Gasteiger partial charge is 0.322 e. The maximum atomic E-state index is 12.5. The molecule has 6 nitrogen and oxygen atoms in total. The van der Waals surface area contributed by atoms with Gasteiger partial charge >= 0.3 is 6.03 Å². The third kappa shape index (κ3) is 4.20. The molecule has 2 aliphatic heterocycles. The SMILES string of the molecule is CC1CN(CC2CCCN2C(=O)Nc2ccncc2)CC(C)O1. The van der Waals surface area contributed by atoms with Gasteiger partial charge in [0.25, 0.3) is 0 Å². The number of nitrogens with zero attached hydrogens (tertiary/aromatic N) is 3. The number of hydrogen-bond donors (Lipinski definition) is 1. The minimum absolute atomic E-state index is 0.00643. The maximum absolute atomic E-state index is 12.5. The summed E-state index contributed by atoms with van der Waals surface area (Å²) < 4.78 is 5.79. The van der Waals surface area contributed by atoms with Crippen molar-refractivity contribution < 1.29 is 9.53 Å². The molecule has 23 heavy (non-hydrogen) atoms. The quantitative estimate of drug-likeness (QED) is 0.928. The lowest BCUT2D eigenvalue weighted by molar-refractivity contribution is -0.0712. The van der Waals surface area contributed by atoms with Crippen molar-refractivity contribution in [2.24, 2.45) is 0 Å². The molecular weight excluding hydrogens is 292 g/mol. The van der Waals surface area contributed by atoms with Gasteiger partial charge in [-0.2, -0.15) is 0 Å². The lowest BCUT2D eigenvalue weighted by atomic mass is 10.1. The van der Waals surface area contributed by atoms with E-state index in [0.29, 0.717) is 0 Å². The van der Waals surface area contributed by atoms with Gasteiger partial charge in [0.2, 0.25) is 0 Å². The van der Waals surface area contributed by atoms with Crippen LogP contribution in [0.2, 0.25) is 0 Å². The van der Waals surface area contributed by atoms with Crippen LogP contribution in [-0.2, 0) is 4.74 Å². The average molecular weight is 318 g/mol. The topological polar surface area (TPSA) is 57.7 Å². The molecule has 6 heteroatoms. The number of anilines is 1. The van der Waals surface area contributed by atoms with Crippen LogP contribution in [0.25, 0.3) is 0 Å². The molecule has 2 saturated heterocycles. The second-order valence-electron chi connectivity index (χ2n) is 6.63. The van der Waals surface area contributed by atoms with Gasteiger partial charge in [-0.05, 0) is 38.8 Å². The monoisotopic (exact) mass is 318 g/mol. The number of urea groups is 1. The molecule has 126 valence electrons. The Morgan fingerprint density at radius 1 is 1.30 bits per heavy atom. The summed E-state index contributed by atoms with van der Waals surface area (Å²) in [4.78, 5) is 20.9. The van der Waals surface area contributed by atoms with Crippen LogP contribution in [0.5, 0.6) is 0 Å². The number of rotatable bonds is 3. The minimum Gasteiger partial charge on any atom is -0.373 e. The van der Waals surface area contributed by atoms with Gasteiger partial charge in [0.15, 0.2) is 0 Å². The molecule has 1 N–H and O–H groups in total. The summed E-state index contributed by atoms with van der Waals surface area (Å²) in [6.45, 7) is 7.89. The standard InChI is InChI=1S/C17H26N4O2/c1-13-10-20(11-14(2)23-13)12-16-4-3-9-21(16)17(22)19-15-5-7-18-8-6-15/h5-8,13-14,16H,3-4,9-12H2,1-2H3,(H,18,19,22). The van der Waals surface area contributed by atoms with E-state index in [4.69, 9.17) is 4.74 Å². The average Bonchev–Trinajstić information content (AvgIpc) is 2.95. The number of nitrogens with one attached hydrogen (secondary N) is 1. The Morgan fingerprint density at radius 2 is 2.00 bits per heavy atom. The predicted molar refractivity (Wildman–Crippen MR) is 89.4 cm³/mol. The lowest BCUT2D eigenvalue weighted by Gasteiger charge is -2.38. The molecule has 3 atom stereocenters. The van der Waals surface area contributed by atoms with E-state index in [2.05, 4.69) is 29.0 Å². The van der Waals surface area contributed by atoms with Gasteiger partial charge < -0.3 is 15.0 Å². The Morgan fingerprint density at radius 3 is 2.70 bits per heavy atom. The number of morpholine rings is 1.